The van der Waals surface area contributed by atoms with Crippen molar-refractivity contribution >= 4 is 27.6 Å². The van der Waals surface area contributed by atoms with Crippen molar-refractivity contribution in [3.8, 4) is 0 Å². The van der Waals surface area contributed by atoms with Gasteiger partial charge in [-0.25, -0.2) is 0 Å². The van der Waals surface area contributed by atoms with E-state index in [-0.39, 0.29) is 5.69 Å². The number of halogens is 1. The fourth-order valence-electron chi connectivity index (χ4n) is 1.69. The van der Waals surface area contributed by atoms with Gasteiger partial charge in [-0.15, -0.1) is 0 Å². The number of aryl methyl sites for hydroxylation is 1. The number of nitro groups is 1. The minimum Gasteiger partial charge on any atom is -0.468 e. The topological polar surface area (TPSA) is 69.4 Å². The molecule has 0 atom stereocenters. The molecule has 0 aliphatic rings. The van der Waals surface area contributed by atoms with Crippen LogP contribution in [0.25, 0.3) is 0 Å². The maximum atomic E-state index is 11.7. The Hall–Kier alpha value is -1.43. The van der Waals surface area contributed by atoms with Gasteiger partial charge in [0.05, 0.1) is 17.4 Å². The Balaban J connectivity index is 3.52. The molecule has 18 heavy (non-hydrogen) atoms. The average Bonchev–Trinajstić information content (AvgIpc) is 2.30. The lowest BCUT2D eigenvalue weighted by Crippen LogP contribution is -2.31. The first-order chi connectivity index (χ1) is 8.21. The lowest BCUT2D eigenvalue weighted by molar-refractivity contribution is -0.386. The van der Waals surface area contributed by atoms with E-state index in [4.69, 9.17) is 4.74 Å². The predicted octanol–water partition coefficient (Wildman–Crippen LogP) is 3.12. The maximum absolute atomic E-state index is 11.7. The van der Waals surface area contributed by atoms with Gasteiger partial charge in [-0.05, 0) is 32.4 Å². The molecule has 0 saturated carbocycles. The maximum Gasteiger partial charge on any atom is 0.315 e. The van der Waals surface area contributed by atoms with E-state index in [2.05, 4.69) is 15.9 Å². The smallest absolute Gasteiger partial charge is 0.315 e. The summed E-state index contributed by atoms with van der Waals surface area (Å²) >= 11 is 3.25. The normalized spacial score (nSPS) is 11.2. The zero-order chi connectivity index (χ0) is 14.1. The minimum atomic E-state index is -1.07. The summed E-state index contributed by atoms with van der Waals surface area (Å²) in [5.74, 6) is -0.507. The number of hydrogen-bond donors (Lipinski definition) is 0. The van der Waals surface area contributed by atoms with Gasteiger partial charge in [-0.2, -0.15) is 0 Å². The second kappa shape index (κ2) is 5.06. The van der Waals surface area contributed by atoms with Crippen molar-refractivity contribution in [2.75, 3.05) is 7.11 Å². The van der Waals surface area contributed by atoms with Gasteiger partial charge >= 0.3 is 5.97 Å². The van der Waals surface area contributed by atoms with Gasteiger partial charge in [-0.3, -0.25) is 14.9 Å². The van der Waals surface area contributed by atoms with Crippen molar-refractivity contribution in [2.45, 2.75) is 26.2 Å². The number of ether oxygens (including phenoxy) is 1. The van der Waals surface area contributed by atoms with Gasteiger partial charge in [0, 0.05) is 16.1 Å². The van der Waals surface area contributed by atoms with Crippen LogP contribution in [0.5, 0.6) is 0 Å². The van der Waals surface area contributed by atoms with E-state index < -0.39 is 16.3 Å². The molecule has 5 nitrogen and oxygen atoms in total. The Bertz CT molecular complexity index is 511. The fraction of sp³-hybridized carbons (Fsp3) is 0.417. The summed E-state index contributed by atoms with van der Waals surface area (Å²) in [6, 6.07) is 3.05. The summed E-state index contributed by atoms with van der Waals surface area (Å²) in [4.78, 5) is 22.3. The Morgan fingerprint density at radius 1 is 1.44 bits per heavy atom. The van der Waals surface area contributed by atoms with E-state index in [0.29, 0.717) is 10.0 Å². The molecule has 0 spiro atoms. The van der Waals surface area contributed by atoms with Crippen LogP contribution in [0, 0.1) is 17.0 Å². The number of rotatable bonds is 3. The van der Waals surface area contributed by atoms with Gasteiger partial charge < -0.3 is 4.74 Å². The highest BCUT2D eigenvalue weighted by Crippen LogP contribution is 2.36. The van der Waals surface area contributed by atoms with E-state index in [1.807, 2.05) is 6.92 Å². The number of hydrogen-bond acceptors (Lipinski definition) is 4. The summed E-state index contributed by atoms with van der Waals surface area (Å²) in [6.07, 6.45) is 0. The molecule has 0 aliphatic carbocycles. The molecule has 1 aromatic rings. The van der Waals surface area contributed by atoms with Crippen LogP contribution in [-0.2, 0) is 14.9 Å². The molecule has 0 radical (unpaired) electrons. The highest BCUT2D eigenvalue weighted by atomic mass is 79.9. The van der Waals surface area contributed by atoms with Gasteiger partial charge in [0.15, 0.2) is 0 Å². The van der Waals surface area contributed by atoms with Crippen LogP contribution in [0.4, 0.5) is 5.69 Å². The number of methoxy groups -OCH3 is 1. The van der Waals surface area contributed by atoms with E-state index in [1.165, 1.54) is 13.2 Å². The molecule has 0 N–H and O–H groups in total. The van der Waals surface area contributed by atoms with Crippen LogP contribution in [0.1, 0.15) is 25.0 Å². The van der Waals surface area contributed by atoms with Gasteiger partial charge in [0.1, 0.15) is 0 Å². The molecule has 0 aromatic heterocycles. The number of carbonyl (C=O) groups excluding carboxylic acids is 1. The lowest BCUT2D eigenvalue weighted by Gasteiger charge is -2.22. The Morgan fingerprint density at radius 2 is 2.00 bits per heavy atom. The SMILES string of the molecule is COC(=O)C(C)(C)c1cc(C)c(Br)cc1[N+](=O)[O-]. The van der Waals surface area contributed by atoms with Crippen LogP contribution in [0.3, 0.4) is 0 Å². The van der Waals surface area contributed by atoms with E-state index in [1.54, 1.807) is 19.9 Å². The van der Waals surface area contributed by atoms with Crippen molar-refractivity contribution in [1.29, 1.82) is 0 Å². The summed E-state index contributed by atoms with van der Waals surface area (Å²) in [6.45, 7) is 5.02. The van der Waals surface area contributed by atoms with Crippen LogP contribution in [-0.4, -0.2) is 18.0 Å². The molecule has 6 heteroatoms. The molecule has 0 amide bonds. The van der Waals surface area contributed by atoms with Crippen molar-refractivity contribution in [1.82, 2.24) is 0 Å². The average molecular weight is 316 g/mol. The zero-order valence-electron chi connectivity index (χ0n) is 10.6. The van der Waals surface area contributed by atoms with Gasteiger partial charge in [0.25, 0.3) is 5.69 Å². The second-order valence-corrected chi connectivity index (χ2v) is 5.35. The number of benzene rings is 1. The Labute approximate surface area is 113 Å². The molecule has 0 unspecified atom stereocenters. The number of carbonyl (C=O) groups is 1. The first kappa shape index (κ1) is 14.6. The van der Waals surface area contributed by atoms with Crippen molar-refractivity contribution in [3.63, 3.8) is 0 Å². The lowest BCUT2D eigenvalue weighted by atomic mass is 9.83. The molecule has 0 aliphatic heterocycles. The van der Waals surface area contributed by atoms with Crippen molar-refractivity contribution in [2.24, 2.45) is 0 Å². The molecule has 0 bridgehead atoms. The number of nitro benzene ring substituents is 1. The van der Waals surface area contributed by atoms with Crippen LogP contribution in [0.2, 0.25) is 0 Å². The van der Waals surface area contributed by atoms with Crippen molar-refractivity contribution in [3.05, 3.63) is 37.8 Å². The second-order valence-electron chi connectivity index (χ2n) is 4.49. The zero-order valence-corrected chi connectivity index (χ0v) is 12.2. The molecule has 1 aromatic carbocycles. The Kier molecular flexibility index (Phi) is 4.11. The summed E-state index contributed by atoms with van der Waals surface area (Å²) < 4.78 is 5.34. The largest absolute Gasteiger partial charge is 0.468 e. The van der Waals surface area contributed by atoms with Crippen LogP contribution < -0.4 is 0 Å². The monoisotopic (exact) mass is 315 g/mol. The summed E-state index contributed by atoms with van der Waals surface area (Å²) in [5.41, 5.74) is 0.0123. The molecule has 98 valence electrons. The minimum absolute atomic E-state index is 0.0946. The number of nitrogens with zero attached hydrogens (tertiary/aromatic N) is 1. The highest BCUT2D eigenvalue weighted by Gasteiger charge is 2.37. The standard InChI is InChI=1S/C12H14BrNO4/c1-7-5-8(12(2,3)11(15)18-4)10(14(16)17)6-9(7)13/h5-6H,1-4H3. The third kappa shape index (κ3) is 2.53. The molecular formula is C12H14BrNO4. The Morgan fingerprint density at radius 3 is 2.44 bits per heavy atom. The van der Waals surface area contributed by atoms with Crippen LogP contribution in [0.15, 0.2) is 16.6 Å². The van der Waals surface area contributed by atoms with Gasteiger partial charge in [0.2, 0.25) is 0 Å². The van der Waals surface area contributed by atoms with Crippen LogP contribution >= 0.6 is 15.9 Å². The quantitative estimate of drug-likeness (QED) is 0.488. The molecule has 0 saturated heterocycles. The third-order valence-electron chi connectivity index (χ3n) is 2.84. The molecule has 0 fully saturated rings. The fourth-order valence-corrected chi connectivity index (χ4v) is 2.02. The molecule has 0 heterocycles. The van der Waals surface area contributed by atoms with E-state index in [0.717, 1.165) is 5.56 Å². The summed E-state index contributed by atoms with van der Waals surface area (Å²) in [5, 5.41) is 11.1. The number of esters is 1. The van der Waals surface area contributed by atoms with E-state index in [9.17, 15) is 14.9 Å². The first-order valence-electron chi connectivity index (χ1n) is 5.25. The summed E-state index contributed by atoms with van der Waals surface area (Å²) in [7, 11) is 1.27. The molecule has 1 rings (SSSR count). The van der Waals surface area contributed by atoms with Gasteiger partial charge in [-0.1, -0.05) is 15.9 Å². The van der Waals surface area contributed by atoms with E-state index >= 15 is 0 Å². The van der Waals surface area contributed by atoms with Crippen molar-refractivity contribution < 1.29 is 14.5 Å². The third-order valence-corrected chi connectivity index (χ3v) is 3.70. The molecular weight excluding hydrogens is 302 g/mol. The predicted molar refractivity (Wildman–Crippen MR) is 70.6 cm³/mol. The highest BCUT2D eigenvalue weighted by molar-refractivity contribution is 9.10. The first-order valence-corrected chi connectivity index (χ1v) is 6.04.